The molecule has 0 atom stereocenters. The van der Waals surface area contributed by atoms with Crippen LogP contribution in [0.3, 0.4) is 0 Å². The van der Waals surface area contributed by atoms with Crippen molar-refractivity contribution >= 4 is 0 Å². The Bertz CT molecular complexity index is 109. The van der Waals surface area contributed by atoms with Gasteiger partial charge in [0.2, 0.25) is 0 Å². The number of hydrogen-bond donors (Lipinski definition) is 3. The Labute approximate surface area is 82.3 Å². The van der Waals surface area contributed by atoms with E-state index in [2.05, 4.69) is 19.2 Å². The Morgan fingerprint density at radius 3 is 2.08 bits per heavy atom. The quantitative estimate of drug-likeness (QED) is 0.493. The molecule has 0 aliphatic rings. The molecule has 0 bridgehead atoms. The summed E-state index contributed by atoms with van der Waals surface area (Å²) in [6, 6.07) is 0. The molecule has 0 aromatic heterocycles. The number of rotatable bonds is 8. The van der Waals surface area contributed by atoms with Crippen molar-refractivity contribution in [3.63, 3.8) is 0 Å². The van der Waals surface area contributed by atoms with Crippen LogP contribution in [0.25, 0.3) is 0 Å². The van der Waals surface area contributed by atoms with E-state index in [-0.39, 0.29) is 5.54 Å². The molecule has 0 aromatic rings. The zero-order chi connectivity index (χ0) is 10.2. The summed E-state index contributed by atoms with van der Waals surface area (Å²) in [6.07, 6.45) is 4.50. The van der Waals surface area contributed by atoms with E-state index in [1.165, 1.54) is 0 Å². The minimum atomic E-state index is -0.0152. The van der Waals surface area contributed by atoms with Crippen LogP contribution in [0.15, 0.2) is 0 Å². The van der Waals surface area contributed by atoms with Crippen molar-refractivity contribution in [2.24, 2.45) is 11.5 Å². The molecule has 0 unspecified atom stereocenters. The largest absolute Gasteiger partial charge is 0.329 e. The lowest BCUT2D eigenvalue weighted by Gasteiger charge is -2.29. The first-order valence-corrected chi connectivity index (χ1v) is 5.38. The van der Waals surface area contributed by atoms with Gasteiger partial charge in [-0.25, -0.2) is 0 Å². The molecule has 0 fully saturated rings. The van der Waals surface area contributed by atoms with Gasteiger partial charge in [0.25, 0.3) is 0 Å². The average molecular weight is 187 g/mol. The molecule has 0 aliphatic carbocycles. The van der Waals surface area contributed by atoms with E-state index in [1.54, 1.807) is 0 Å². The van der Waals surface area contributed by atoms with Gasteiger partial charge in [0.15, 0.2) is 0 Å². The van der Waals surface area contributed by atoms with Crippen molar-refractivity contribution in [3.05, 3.63) is 0 Å². The zero-order valence-corrected chi connectivity index (χ0v) is 9.10. The van der Waals surface area contributed by atoms with Crippen molar-refractivity contribution < 1.29 is 0 Å². The van der Waals surface area contributed by atoms with Gasteiger partial charge >= 0.3 is 0 Å². The van der Waals surface area contributed by atoms with E-state index < -0.39 is 0 Å². The van der Waals surface area contributed by atoms with Crippen LogP contribution in [0.5, 0.6) is 0 Å². The van der Waals surface area contributed by atoms with Crippen LogP contribution in [0.2, 0.25) is 0 Å². The van der Waals surface area contributed by atoms with Crippen LogP contribution in [-0.2, 0) is 0 Å². The lowest BCUT2D eigenvalue weighted by atomic mass is 9.90. The Kier molecular flexibility index (Phi) is 7.23. The molecule has 80 valence electrons. The standard InChI is InChI=1S/C10H25N3/c1-3-5-10(12,6-4-2)9-13-8-7-11/h13H,3-9,11-12H2,1-2H3. The first-order valence-electron chi connectivity index (χ1n) is 5.38. The summed E-state index contributed by atoms with van der Waals surface area (Å²) in [4.78, 5) is 0. The first kappa shape index (κ1) is 12.9. The molecular formula is C10H25N3. The Balaban J connectivity index is 3.76. The second kappa shape index (κ2) is 7.30. The van der Waals surface area contributed by atoms with Crippen molar-refractivity contribution in [2.45, 2.75) is 45.1 Å². The summed E-state index contributed by atoms with van der Waals surface area (Å²) < 4.78 is 0. The van der Waals surface area contributed by atoms with E-state index in [0.717, 1.165) is 38.8 Å². The second-order valence-corrected chi connectivity index (χ2v) is 3.83. The normalized spacial score (nSPS) is 12.0. The molecule has 0 rings (SSSR count). The van der Waals surface area contributed by atoms with Gasteiger partial charge in [-0.15, -0.1) is 0 Å². The van der Waals surface area contributed by atoms with Crippen LogP contribution >= 0.6 is 0 Å². The highest BCUT2D eigenvalue weighted by molar-refractivity contribution is 4.85. The van der Waals surface area contributed by atoms with Crippen LogP contribution < -0.4 is 16.8 Å². The van der Waals surface area contributed by atoms with Gasteiger partial charge in [0, 0.05) is 25.2 Å². The van der Waals surface area contributed by atoms with Crippen molar-refractivity contribution in [2.75, 3.05) is 19.6 Å². The maximum Gasteiger partial charge on any atom is 0.0280 e. The summed E-state index contributed by atoms with van der Waals surface area (Å²) in [5.74, 6) is 0. The lowest BCUT2D eigenvalue weighted by Crippen LogP contribution is -2.49. The van der Waals surface area contributed by atoms with Gasteiger partial charge in [-0.1, -0.05) is 26.7 Å². The van der Waals surface area contributed by atoms with Crippen LogP contribution in [0, 0.1) is 0 Å². The van der Waals surface area contributed by atoms with E-state index in [1.807, 2.05) is 0 Å². The molecule has 0 amide bonds. The molecule has 5 N–H and O–H groups in total. The van der Waals surface area contributed by atoms with Crippen LogP contribution in [0.4, 0.5) is 0 Å². The predicted molar refractivity (Wildman–Crippen MR) is 58.7 cm³/mol. The summed E-state index contributed by atoms with van der Waals surface area (Å²) >= 11 is 0. The van der Waals surface area contributed by atoms with E-state index in [0.29, 0.717) is 6.54 Å². The van der Waals surface area contributed by atoms with Crippen LogP contribution in [-0.4, -0.2) is 25.2 Å². The van der Waals surface area contributed by atoms with Crippen LogP contribution in [0.1, 0.15) is 39.5 Å². The third kappa shape index (κ3) is 6.02. The fourth-order valence-corrected chi connectivity index (χ4v) is 1.74. The third-order valence-electron chi connectivity index (χ3n) is 2.29. The van der Waals surface area contributed by atoms with E-state index in [4.69, 9.17) is 11.5 Å². The Morgan fingerprint density at radius 2 is 1.69 bits per heavy atom. The SMILES string of the molecule is CCCC(N)(CCC)CNCCN. The third-order valence-corrected chi connectivity index (χ3v) is 2.29. The fraction of sp³-hybridized carbons (Fsp3) is 1.00. The minimum absolute atomic E-state index is 0.0152. The Morgan fingerprint density at radius 1 is 1.15 bits per heavy atom. The van der Waals surface area contributed by atoms with Gasteiger partial charge < -0.3 is 16.8 Å². The first-order chi connectivity index (χ1) is 6.18. The summed E-state index contributed by atoms with van der Waals surface area (Å²) in [5, 5.41) is 3.30. The molecule has 0 saturated heterocycles. The average Bonchev–Trinajstić information content (AvgIpc) is 2.05. The molecule has 3 nitrogen and oxygen atoms in total. The van der Waals surface area contributed by atoms with Gasteiger partial charge in [-0.2, -0.15) is 0 Å². The zero-order valence-electron chi connectivity index (χ0n) is 9.10. The maximum absolute atomic E-state index is 6.26. The monoisotopic (exact) mass is 187 g/mol. The van der Waals surface area contributed by atoms with Gasteiger partial charge in [0.1, 0.15) is 0 Å². The maximum atomic E-state index is 6.26. The highest BCUT2D eigenvalue weighted by Gasteiger charge is 2.21. The van der Waals surface area contributed by atoms with E-state index in [9.17, 15) is 0 Å². The predicted octanol–water partition coefficient (Wildman–Crippen LogP) is 0.832. The van der Waals surface area contributed by atoms with Gasteiger partial charge in [0.05, 0.1) is 0 Å². The number of nitrogens with two attached hydrogens (primary N) is 2. The van der Waals surface area contributed by atoms with E-state index >= 15 is 0 Å². The topological polar surface area (TPSA) is 64.1 Å². The minimum Gasteiger partial charge on any atom is -0.329 e. The fourth-order valence-electron chi connectivity index (χ4n) is 1.74. The molecule has 0 aromatic carbocycles. The highest BCUT2D eigenvalue weighted by Crippen LogP contribution is 2.15. The molecule has 3 heteroatoms. The molecule has 0 radical (unpaired) electrons. The summed E-state index contributed by atoms with van der Waals surface area (Å²) in [6.45, 7) is 6.81. The Hall–Kier alpha value is -0.120. The molecule has 0 saturated carbocycles. The second-order valence-electron chi connectivity index (χ2n) is 3.83. The molecular weight excluding hydrogens is 162 g/mol. The molecule has 13 heavy (non-hydrogen) atoms. The highest BCUT2D eigenvalue weighted by atomic mass is 14.9. The van der Waals surface area contributed by atoms with Crippen molar-refractivity contribution in [1.29, 1.82) is 0 Å². The number of nitrogens with one attached hydrogen (secondary N) is 1. The molecule has 0 aliphatic heterocycles. The summed E-state index contributed by atoms with van der Waals surface area (Å²) in [5.41, 5.74) is 11.6. The van der Waals surface area contributed by atoms with Crippen molar-refractivity contribution in [3.8, 4) is 0 Å². The smallest absolute Gasteiger partial charge is 0.0280 e. The number of hydrogen-bond acceptors (Lipinski definition) is 3. The summed E-state index contributed by atoms with van der Waals surface area (Å²) in [7, 11) is 0. The lowest BCUT2D eigenvalue weighted by molar-refractivity contribution is 0.339. The van der Waals surface area contributed by atoms with Gasteiger partial charge in [-0.05, 0) is 12.8 Å². The molecule has 0 spiro atoms. The molecule has 0 heterocycles. The van der Waals surface area contributed by atoms with Crippen molar-refractivity contribution in [1.82, 2.24) is 5.32 Å². The van der Waals surface area contributed by atoms with Gasteiger partial charge in [-0.3, -0.25) is 0 Å².